The van der Waals surface area contributed by atoms with Gasteiger partial charge in [0, 0.05) is 32.0 Å². The van der Waals surface area contributed by atoms with Crippen LogP contribution in [0.3, 0.4) is 0 Å². The molecule has 1 saturated carbocycles. The Morgan fingerprint density at radius 2 is 1.57 bits per heavy atom. The first-order valence-corrected chi connectivity index (χ1v) is 12.0. The second-order valence-corrected chi connectivity index (χ2v) is 9.40. The van der Waals surface area contributed by atoms with Crippen LogP contribution in [0, 0.1) is 5.92 Å². The van der Waals surface area contributed by atoms with Gasteiger partial charge in [0.25, 0.3) is 0 Å². The Morgan fingerprint density at radius 3 is 2.33 bits per heavy atom. The van der Waals surface area contributed by atoms with E-state index < -0.39 is 10.0 Å². The largest absolute Gasteiger partial charge is 0.354 e. The predicted octanol–water partition coefficient (Wildman–Crippen LogP) is 2.32. The highest BCUT2D eigenvalue weighted by Gasteiger charge is 2.20. The van der Waals surface area contributed by atoms with Crippen molar-refractivity contribution in [2.24, 2.45) is 5.92 Å². The van der Waals surface area contributed by atoms with Gasteiger partial charge in [-0.2, -0.15) is 0 Å². The zero-order chi connectivity index (χ0) is 21.4. The van der Waals surface area contributed by atoms with Gasteiger partial charge in [0.15, 0.2) is 0 Å². The molecule has 2 aromatic rings. The van der Waals surface area contributed by atoms with Crippen molar-refractivity contribution < 1.29 is 18.0 Å². The quantitative estimate of drug-likeness (QED) is 0.530. The number of carbonyl (C=O) groups is 2. The molecule has 1 fully saturated rings. The van der Waals surface area contributed by atoms with Crippen LogP contribution >= 0.6 is 0 Å². The number of hydrogen-bond acceptors (Lipinski definition) is 4. The third kappa shape index (κ3) is 6.27. The molecular weight excluding hydrogens is 402 g/mol. The highest BCUT2D eigenvalue weighted by molar-refractivity contribution is 7.89. The van der Waals surface area contributed by atoms with Crippen molar-refractivity contribution in [1.82, 2.24) is 15.4 Å². The fourth-order valence-electron chi connectivity index (χ4n) is 3.70. The van der Waals surface area contributed by atoms with E-state index in [-0.39, 0.29) is 35.6 Å². The van der Waals surface area contributed by atoms with E-state index in [1.807, 2.05) is 24.3 Å². The lowest BCUT2D eigenvalue weighted by Gasteiger charge is -2.20. The minimum atomic E-state index is -3.68. The Kier molecular flexibility index (Phi) is 7.81. The maximum absolute atomic E-state index is 12.5. The van der Waals surface area contributed by atoms with Crippen molar-refractivity contribution in [3.8, 4) is 0 Å². The lowest BCUT2D eigenvalue weighted by molar-refractivity contribution is -0.126. The molecule has 0 heterocycles. The second-order valence-electron chi connectivity index (χ2n) is 7.63. The molecular formula is C22H29N3O4S. The van der Waals surface area contributed by atoms with E-state index in [9.17, 15) is 18.0 Å². The van der Waals surface area contributed by atoms with Crippen molar-refractivity contribution in [1.29, 1.82) is 0 Å². The molecule has 0 aliphatic heterocycles. The maximum Gasteiger partial charge on any atom is 0.240 e. The summed E-state index contributed by atoms with van der Waals surface area (Å²) in [7, 11) is -3.68. The Balaban J connectivity index is 1.36. The molecule has 0 unspecified atom stereocenters. The first-order valence-electron chi connectivity index (χ1n) is 10.5. The molecule has 0 saturated heterocycles. The third-order valence-electron chi connectivity index (χ3n) is 5.40. The van der Waals surface area contributed by atoms with Crippen LogP contribution in [0.1, 0.15) is 38.5 Å². The Hall–Kier alpha value is -2.45. The van der Waals surface area contributed by atoms with Crippen molar-refractivity contribution in [3.63, 3.8) is 0 Å². The van der Waals surface area contributed by atoms with Gasteiger partial charge < -0.3 is 10.6 Å². The third-order valence-corrected chi connectivity index (χ3v) is 6.86. The summed E-state index contributed by atoms with van der Waals surface area (Å²) in [5.74, 6) is -0.103. The first kappa shape index (κ1) is 22.2. The van der Waals surface area contributed by atoms with E-state index in [1.54, 1.807) is 18.2 Å². The average Bonchev–Trinajstić information content (AvgIpc) is 2.76. The second kappa shape index (κ2) is 10.5. The molecule has 0 spiro atoms. The van der Waals surface area contributed by atoms with E-state index in [1.165, 1.54) is 6.42 Å². The van der Waals surface area contributed by atoms with E-state index in [4.69, 9.17) is 0 Å². The number of sulfonamides is 1. The fraction of sp³-hybridized carbons (Fsp3) is 0.455. The number of fused-ring (bicyclic) bond motifs is 1. The zero-order valence-corrected chi connectivity index (χ0v) is 17.8. The standard InChI is InChI=1S/C22H29N3O4S/c26-21(23-14-15-24-22(27)18-7-2-1-3-8-18)12-13-25-30(28,29)20-11-10-17-6-4-5-9-19(17)16-20/h4-6,9-11,16,18,25H,1-3,7-8,12-15H2,(H,23,26)(H,24,27). The van der Waals surface area contributed by atoms with Crippen LogP contribution in [0.15, 0.2) is 47.4 Å². The van der Waals surface area contributed by atoms with Crippen LogP contribution in [0.2, 0.25) is 0 Å². The minimum absolute atomic E-state index is 0.00935. The summed E-state index contributed by atoms with van der Waals surface area (Å²) in [6, 6.07) is 12.5. The van der Waals surface area contributed by atoms with E-state index >= 15 is 0 Å². The molecule has 0 radical (unpaired) electrons. The van der Waals surface area contributed by atoms with Crippen LogP contribution in [-0.4, -0.2) is 39.9 Å². The van der Waals surface area contributed by atoms with E-state index in [2.05, 4.69) is 15.4 Å². The van der Waals surface area contributed by atoms with E-state index in [0.717, 1.165) is 36.5 Å². The molecule has 3 N–H and O–H groups in total. The molecule has 1 aliphatic carbocycles. The molecule has 1 aliphatic rings. The Bertz CT molecular complexity index is 985. The molecule has 2 amide bonds. The Morgan fingerprint density at radius 1 is 0.867 bits per heavy atom. The number of carbonyl (C=O) groups excluding carboxylic acids is 2. The van der Waals surface area contributed by atoms with Gasteiger partial charge in [-0.1, -0.05) is 49.6 Å². The number of nitrogens with one attached hydrogen (secondary N) is 3. The predicted molar refractivity (Wildman–Crippen MR) is 116 cm³/mol. The van der Waals surface area contributed by atoms with Crippen LogP contribution < -0.4 is 15.4 Å². The molecule has 2 aromatic carbocycles. The topological polar surface area (TPSA) is 104 Å². The molecule has 7 nitrogen and oxygen atoms in total. The minimum Gasteiger partial charge on any atom is -0.354 e. The molecule has 162 valence electrons. The number of amides is 2. The molecule has 0 atom stereocenters. The first-order chi connectivity index (χ1) is 14.5. The van der Waals surface area contributed by atoms with E-state index in [0.29, 0.717) is 13.1 Å². The monoisotopic (exact) mass is 431 g/mol. The lowest BCUT2D eigenvalue weighted by atomic mass is 9.89. The van der Waals surface area contributed by atoms with Gasteiger partial charge in [-0.3, -0.25) is 9.59 Å². The lowest BCUT2D eigenvalue weighted by Crippen LogP contribution is -2.38. The van der Waals surface area contributed by atoms with Crippen molar-refractivity contribution in [2.45, 2.75) is 43.4 Å². The van der Waals surface area contributed by atoms with Crippen LogP contribution in [-0.2, 0) is 19.6 Å². The summed E-state index contributed by atoms with van der Waals surface area (Å²) < 4.78 is 27.4. The van der Waals surface area contributed by atoms with Crippen LogP contribution in [0.5, 0.6) is 0 Å². The van der Waals surface area contributed by atoms with Gasteiger partial charge in [-0.15, -0.1) is 0 Å². The SMILES string of the molecule is O=C(CCNS(=O)(=O)c1ccc2ccccc2c1)NCCNC(=O)C1CCCCC1. The van der Waals surface area contributed by atoms with Gasteiger partial charge in [0.05, 0.1) is 4.90 Å². The summed E-state index contributed by atoms with van der Waals surface area (Å²) in [4.78, 5) is 24.1. The summed E-state index contributed by atoms with van der Waals surface area (Å²) in [5, 5.41) is 7.37. The molecule has 3 rings (SSSR count). The van der Waals surface area contributed by atoms with Gasteiger partial charge in [0.1, 0.15) is 0 Å². The highest BCUT2D eigenvalue weighted by atomic mass is 32.2. The summed E-state index contributed by atoms with van der Waals surface area (Å²) in [6.07, 6.45) is 5.31. The molecule has 0 aromatic heterocycles. The van der Waals surface area contributed by atoms with Crippen LogP contribution in [0.25, 0.3) is 10.8 Å². The summed E-state index contributed by atoms with van der Waals surface area (Å²) >= 11 is 0. The normalized spacial score (nSPS) is 15.1. The van der Waals surface area contributed by atoms with Gasteiger partial charge in [-0.25, -0.2) is 13.1 Å². The smallest absolute Gasteiger partial charge is 0.240 e. The summed E-state index contributed by atoms with van der Waals surface area (Å²) in [5.41, 5.74) is 0. The maximum atomic E-state index is 12.5. The number of benzene rings is 2. The van der Waals surface area contributed by atoms with Crippen LogP contribution in [0.4, 0.5) is 0 Å². The molecule has 30 heavy (non-hydrogen) atoms. The zero-order valence-electron chi connectivity index (χ0n) is 17.0. The highest BCUT2D eigenvalue weighted by Crippen LogP contribution is 2.23. The van der Waals surface area contributed by atoms with Crippen molar-refractivity contribution in [2.75, 3.05) is 19.6 Å². The molecule has 0 bridgehead atoms. The van der Waals surface area contributed by atoms with Gasteiger partial charge in [0.2, 0.25) is 21.8 Å². The van der Waals surface area contributed by atoms with Gasteiger partial charge in [-0.05, 0) is 35.7 Å². The summed E-state index contributed by atoms with van der Waals surface area (Å²) in [6.45, 7) is 0.716. The number of rotatable bonds is 9. The molecule has 8 heteroatoms. The van der Waals surface area contributed by atoms with Crippen molar-refractivity contribution in [3.05, 3.63) is 42.5 Å². The van der Waals surface area contributed by atoms with Gasteiger partial charge >= 0.3 is 0 Å². The number of hydrogen-bond donors (Lipinski definition) is 3. The Labute approximate surface area is 177 Å². The average molecular weight is 432 g/mol. The van der Waals surface area contributed by atoms with Crippen molar-refractivity contribution >= 4 is 32.6 Å². The fourth-order valence-corrected chi connectivity index (χ4v) is 4.77.